The molecule has 0 atom stereocenters. The molecule has 2 aromatic heterocycles. The highest BCUT2D eigenvalue weighted by molar-refractivity contribution is 7.18. The minimum Gasteiger partial charge on any atom is -0.465 e. The zero-order chi connectivity index (χ0) is 27.0. The lowest BCUT2D eigenvalue weighted by Crippen LogP contribution is -2.42. The fourth-order valence-corrected chi connectivity index (χ4v) is 6.21. The van der Waals surface area contributed by atoms with Crippen molar-refractivity contribution in [3.63, 3.8) is 0 Å². The first-order valence-corrected chi connectivity index (χ1v) is 13.9. The Balaban J connectivity index is 1.47. The van der Waals surface area contributed by atoms with Gasteiger partial charge in [-0.2, -0.15) is 0 Å². The van der Waals surface area contributed by atoms with Crippen LogP contribution in [-0.2, 0) is 9.53 Å². The zero-order valence-electron chi connectivity index (χ0n) is 22.2. The van der Waals surface area contributed by atoms with E-state index in [1.807, 2.05) is 50.2 Å². The Bertz CT molecular complexity index is 1460. The van der Waals surface area contributed by atoms with Gasteiger partial charge in [0.1, 0.15) is 10.4 Å². The first kappa shape index (κ1) is 26.0. The number of ether oxygens (including phenoxy) is 1. The minimum atomic E-state index is -0.436. The second-order valence-corrected chi connectivity index (χ2v) is 11.5. The van der Waals surface area contributed by atoms with E-state index in [4.69, 9.17) is 14.9 Å². The van der Waals surface area contributed by atoms with E-state index >= 15 is 0 Å². The molecule has 0 spiro atoms. The van der Waals surface area contributed by atoms with E-state index in [9.17, 15) is 9.59 Å². The SMILES string of the molecule is COC(=O)c1sc(-c2ccc(-c3nc4ccc(N)cc4o3)cc2)cc1N(C(=O)[C@H]1CC[C@H](C)CC1)C(C)C. The molecule has 1 fully saturated rings. The topological polar surface area (TPSA) is 98.7 Å². The van der Waals surface area contributed by atoms with Crippen LogP contribution < -0.4 is 10.6 Å². The maximum atomic E-state index is 13.7. The molecular weight excluding hydrogens is 498 g/mol. The molecule has 1 aliphatic rings. The smallest absolute Gasteiger partial charge is 0.350 e. The summed E-state index contributed by atoms with van der Waals surface area (Å²) in [6.07, 6.45) is 3.89. The summed E-state index contributed by atoms with van der Waals surface area (Å²) < 4.78 is 11.0. The number of nitrogens with two attached hydrogens (primary N) is 1. The van der Waals surface area contributed by atoms with Crippen LogP contribution in [0.25, 0.3) is 33.0 Å². The molecule has 38 heavy (non-hydrogen) atoms. The van der Waals surface area contributed by atoms with Gasteiger partial charge in [-0.15, -0.1) is 11.3 Å². The number of amides is 1. The van der Waals surface area contributed by atoms with Gasteiger partial charge in [0, 0.05) is 34.2 Å². The Hall–Kier alpha value is -3.65. The van der Waals surface area contributed by atoms with Gasteiger partial charge in [0.2, 0.25) is 11.8 Å². The van der Waals surface area contributed by atoms with Gasteiger partial charge in [0.15, 0.2) is 5.58 Å². The molecule has 1 saturated carbocycles. The largest absolute Gasteiger partial charge is 0.465 e. The number of carbonyl (C=O) groups is 2. The number of anilines is 2. The summed E-state index contributed by atoms with van der Waals surface area (Å²) in [6, 6.07) is 15.1. The molecule has 1 amide bonds. The number of carbonyl (C=O) groups excluding carboxylic acids is 2. The van der Waals surface area contributed by atoms with Crippen LogP contribution in [0, 0.1) is 11.8 Å². The zero-order valence-corrected chi connectivity index (χ0v) is 23.0. The molecule has 2 heterocycles. The molecule has 2 N–H and O–H groups in total. The number of hydrogen-bond acceptors (Lipinski definition) is 7. The molecule has 0 aliphatic heterocycles. The Kier molecular flexibility index (Phi) is 7.25. The normalized spacial score (nSPS) is 17.6. The van der Waals surface area contributed by atoms with Crippen LogP contribution in [0.5, 0.6) is 0 Å². The lowest BCUT2D eigenvalue weighted by molar-refractivity contribution is -0.123. The number of methoxy groups -OCH3 is 1. The maximum absolute atomic E-state index is 13.7. The molecule has 1 aliphatic carbocycles. The second kappa shape index (κ2) is 10.6. The van der Waals surface area contributed by atoms with Crippen molar-refractivity contribution in [2.24, 2.45) is 11.8 Å². The molecule has 8 heteroatoms. The molecule has 0 saturated heterocycles. The monoisotopic (exact) mass is 531 g/mol. The van der Waals surface area contributed by atoms with Crippen molar-refractivity contribution in [1.82, 2.24) is 4.98 Å². The summed E-state index contributed by atoms with van der Waals surface area (Å²) in [7, 11) is 1.37. The Morgan fingerprint density at radius 1 is 1.05 bits per heavy atom. The average molecular weight is 532 g/mol. The summed E-state index contributed by atoms with van der Waals surface area (Å²) in [4.78, 5) is 34.2. The lowest BCUT2D eigenvalue weighted by Gasteiger charge is -2.33. The average Bonchev–Trinajstić information content (AvgIpc) is 3.53. The van der Waals surface area contributed by atoms with Crippen LogP contribution in [0.4, 0.5) is 11.4 Å². The second-order valence-electron chi connectivity index (χ2n) is 10.4. The fraction of sp³-hybridized carbons (Fsp3) is 0.367. The van der Waals surface area contributed by atoms with Gasteiger partial charge in [0.05, 0.1) is 12.8 Å². The highest BCUT2D eigenvalue weighted by Gasteiger charge is 2.33. The van der Waals surface area contributed by atoms with Gasteiger partial charge in [-0.25, -0.2) is 9.78 Å². The van der Waals surface area contributed by atoms with Crippen molar-refractivity contribution in [2.75, 3.05) is 17.7 Å². The quantitative estimate of drug-likeness (QED) is 0.209. The predicted octanol–water partition coefficient (Wildman–Crippen LogP) is 7.16. The van der Waals surface area contributed by atoms with Gasteiger partial charge >= 0.3 is 5.97 Å². The Morgan fingerprint density at radius 2 is 1.74 bits per heavy atom. The number of benzene rings is 2. The van der Waals surface area contributed by atoms with Crippen LogP contribution >= 0.6 is 11.3 Å². The number of hydrogen-bond donors (Lipinski definition) is 1. The van der Waals surface area contributed by atoms with Gasteiger partial charge in [-0.3, -0.25) is 4.79 Å². The van der Waals surface area contributed by atoms with E-state index < -0.39 is 5.97 Å². The molecule has 5 rings (SSSR count). The van der Waals surface area contributed by atoms with Crippen LogP contribution in [0.3, 0.4) is 0 Å². The first-order valence-electron chi connectivity index (χ1n) is 13.1. The number of aromatic nitrogens is 1. The molecule has 0 radical (unpaired) electrons. The van der Waals surface area contributed by atoms with E-state index in [2.05, 4.69) is 11.9 Å². The van der Waals surface area contributed by atoms with Crippen LogP contribution in [-0.4, -0.2) is 30.0 Å². The number of nitrogen functional groups attached to an aromatic ring is 1. The van der Waals surface area contributed by atoms with Crippen molar-refractivity contribution in [3.05, 3.63) is 53.4 Å². The number of fused-ring (bicyclic) bond motifs is 1. The summed E-state index contributed by atoms with van der Waals surface area (Å²) >= 11 is 1.34. The highest BCUT2D eigenvalue weighted by atomic mass is 32.1. The number of esters is 1. The molecule has 0 bridgehead atoms. The van der Waals surface area contributed by atoms with Crippen LogP contribution in [0.15, 0.2) is 52.9 Å². The summed E-state index contributed by atoms with van der Waals surface area (Å²) in [6.45, 7) is 6.22. The van der Waals surface area contributed by atoms with Crippen molar-refractivity contribution < 1.29 is 18.7 Å². The van der Waals surface area contributed by atoms with E-state index in [1.54, 1.807) is 17.0 Å². The predicted molar refractivity (Wildman–Crippen MR) is 152 cm³/mol. The van der Waals surface area contributed by atoms with Crippen molar-refractivity contribution in [3.8, 4) is 21.9 Å². The van der Waals surface area contributed by atoms with Crippen LogP contribution in [0.1, 0.15) is 56.1 Å². The van der Waals surface area contributed by atoms with Gasteiger partial charge in [0.25, 0.3) is 0 Å². The summed E-state index contributed by atoms with van der Waals surface area (Å²) in [5, 5.41) is 0. The van der Waals surface area contributed by atoms with E-state index in [0.29, 0.717) is 33.6 Å². The maximum Gasteiger partial charge on any atom is 0.350 e. The summed E-state index contributed by atoms with van der Waals surface area (Å²) in [5.41, 5.74) is 10.3. The summed E-state index contributed by atoms with van der Waals surface area (Å²) in [5.74, 6) is 0.800. The highest BCUT2D eigenvalue weighted by Crippen LogP contribution is 2.40. The lowest BCUT2D eigenvalue weighted by atomic mass is 9.82. The number of rotatable bonds is 6. The Labute approximate surface area is 226 Å². The third-order valence-electron chi connectivity index (χ3n) is 7.29. The first-order chi connectivity index (χ1) is 18.2. The molecule has 4 aromatic rings. The molecule has 2 aromatic carbocycles. The number of oxazole rings is 1. The van der Waals surface area contributed by atoms with E-state index in [-0.39, 0.29) is 17.9 Å². The molecule has 198 valence electrons. The van der Waals surface area contributed by atoms with Crippen molar-refractivity contribution >= 4 is 45.7 Å². The third-order valence-corrected chi connectivity index (χ3v) is 8.44. The number of nitrogens with zero attached hydrogens (tertiary/aromatic N) is 2. The fourth-order valence-electron chi connectivity index (χ4n) is 5.14. The van der Waals surface area contributed by atoms with Gasteiger partial charge < -0.3 is 19.8 Å². The van der Waals surface area contributed by atoms with Gasteiger partial charge in [-0.05, 0) is 81.3 Å². The van der Waals surface area contributed by atoms with Crippen molar-refractivity contribution in [1.29, 1.82) is 0 Å². The van der Waals surface area contributed by atoms with E-state index in [1.165, 1.54) is 18.4 Å². The van der Waals surface area contributed by atoms with E-state index in [0.717, 1.165) is 47.2 Å². The third kappa shape index (κ3) is 5.05. The molecular formula is C30H33N3O4S. The van der Waals surface area contributed by atoms with Gasteiger partial charge in [-0.1, -0.05) is 19.1 Å². The standard InChI is InChI=1S/C30H33N3O4S/c1-17(2)33(29(34)21-7-5-18(3)6-8-21)24-16-26(38-27(24)30(35)36-4)19-9-11-20(12-10-19)28-32-23-14-13-22(31)15-25(23)37-28/h9-18,21H,5-8,31H2,1-4H3/t18-,21-. The number of thiophene rings is 1. The van der Waals surface area contributed by atoms with Crippen molar-refractivity contribution in [2.45, 2.75) is 52.5 Å². The van der Waals surface area contributed by atoms with Crippen LogP contribution in [0.2, 0.25) is 0 Å². The minimum absolute atomic E-state index is 0.0200. The Morgan fingerprint density at radius 3 is 2.39 bits per heavy atom. The molecule has 0 unspecified atom stereocenters. The molecule has 7 nitrogen and oxygen atoms in total.